The Morgan fingerprint density at radius 2 is 1.97 bits per heavy atom. The molecule has 2 N–H and O–H groups in total. The van der Waals surface area contributed by atoms with Crippen molar-refractivity contribution in [2.24, 2.45) is 5.92 Å². The van der Waals surface area contributed by atoms with E-state index in [9.17, 15) is 4.79 Å². The minimum Gasteiger partial charge on any atom is -0.495 e. The molecule has 0 radical (unpaired) electrons. The van der Waals surface area contributed by atoms with E-state index < -0.39 is 0 Å². The molecular weight excluding hydrogens is 366 g/mol. The Bertz CT molecular complexity index is 998. The molecule has 0 saturated heterocycles. The average Bonchev–Trinajstić information content (AvgIpc) is 3.21. The molecule has 7 heteroatoms. The zero-order valence-electron chi connectivity index (χ0n) is 16.8. The van der Waals surface area contributed by atoms with Crippen molar-refractivity contribution in [2.75, 3.05) is 17.7 Å². The van der Waals surface area contributed by atoms with E-state index in [1.165, 1.54) is 11.9 Å². The number of fused-ring (bicyclic) bond motifs is 1. The molecular formula is C22H25N5O2. The first-order chi connectivity index (χ1) is 14.1. The van der Waals surface area contributed by atoms with Gasteiger partial charge in [-0.15, -0.1) is 0 Å². The Balaban J connectivity index is 1.71. The highest BCUT2D eigenvalue weighted by Crippen LogP contribution is 2.37. The molecule has 3 aromatic rings. The summed E-state index contributed by atoms with van der Waals surface area (Å²) in [6, 6.07) is 15.4. The van der Waals surface area contributed by atoms with E-state index in [1.54, 1.807) is 11.8 Å². The number of aryl methyl sites for hydroxylation is 1. The SMILES string of the molecule is CCc1ccc([C@@H]2[C@@H](C(=O)Nc3ccccc3OC)[C@H](C)Nc3ncnn32)cc1. The number of anilines is 2. The van der Waals surface area contributed by atoms with Gasteiger partial charge in [-0.25, -0.2) is 4.68 Å². The van der Waals surface area contributed by atoms with Crippen LogP contribution in [-0.4, -0.2) is 33.8 Å². The fourth-order valence-corrected chi connectivity index (χ4v) is 3.91. The van der Waals surface area contributed by atoms with Gasteiger partial charge in [-0.3, -0.25) is 4.79 Å². The van der Waals surface area contributed by atoms with Crippen molar-refractivity contribution in [3.63, 3.8) is 0 Å². The largest absolute Gasteiger partial charge is 0.495 e. The lowest BCUT2D eigenvalue weighted by atomic mass is 9.85. The Labute approximate surface area is 170 Å². The summed E-state index contributed by atoms with van der Waals surface area (Å²) in [5, 5.41) is 10.7. The maximum Gasteiger partial charge on any atom is 0.232 e. The number of hydrogen-bond donors (Lipinski definition) is 2. The van der Waals surface area contributed by atoms with E-state index in [4.69, 9.17) is 4.74 Å². The topological polar surface area (TPSA) is 81.1 Å². The number of benzene rings is 2. The van der Waals surface area contributed by atoms with Gasteiger partial charge in [-0.05, 0) is 36.6 Å². The number of nitrogens with zero attached hydrogens (tertiary/aromatic N) is 3. The Morgan fingerprint density at radius 3 is 2.69 bits per heavy atom. The van der Waals surface area contributed by atoms with Crippen molar-refractivity contribution in [3.8, 4) is 5.75 Å². The quantitative estimate of drug-likeness (QED) is 0.696. The van der Waals surface area contributed by atoms with Crippen molar-refractivity contribution in [2.45, 2.75) is 32.4 Å². The van der Waals surface area contributed by atoms with Gasteiger partial charge in [0.15, 0.2) is 0 Å². The van der Waals surface area contributed by atoms with Gasteiger partial charge in [0.2, 0.25) is 11.9 Å². The second-order valence-electron chi connectivity index (χ2n) is 7.22. The number of amides is 1. The number of nitrogens with one attached hydrogen (secondary N) is 2. The van der Waals surface area contributed by atoms with Crippen LogP contribution in [0, 0.1) is 5.92 Å². The molecule has 1 aromatic heterocycles. The summed E-state index contributed by atoms with van der Waals surface area (Å²) in [5.41, 5.74) is 2.93. The van der Waals surface area contributed by atoms with Crippen molar-refractivity contribution >= 4 is 17.5 Å². The fourth-order valence-electron chi connectivity index (χ4n) is 3.91. The number of hydrogen-bond acceptors (Lipinski definition) is 5. The molecule has 3 atom stereocenters. The lowest BCUT2D eigenvalue weighted by molar-refractivity contribution is -0.121. The maximum absolute atomic E-state index is 13.4. The zero-order valence-corrected chi connectivity index (χ0v) is 16.8. The highest BCUT2D eigenvalue weighted by molar-refractivity contribution is 5.95. The molecule has 0 saturated carbocycles. The van der Waals surface area contributed by atoms with Crippen molar-refractivity contribution < 1.29 is 9.53 Å². The third-order valence-electron chi connectivity index (χ3n) is 5.47. The Morgan fingerprint density at radius 1 is 1.21 bits per heavy atom. The molecule has 2 aromatic carbocycles. The molecule has 7 nitrogen and oxygen atoms in total. The minimum atomic E-state index is -0.387. The standard InChI is InChI=1S/C22H25N5O2/c1-4-15-9-11-16(12-10-15)20-19(14(2)25-22-23-13-24-27(20)22)21(28)26-17-7-5-6-8-18(17)29-3/h5-14,19-20H,4H2,1-3H3,(H,26,28)(H,23,24,25)/t14-,19-,20+/m0/s1. The van der Waals surface area contributed by atoms with Crippen LogP contribution in [-0.2, 0) is 11.2 Å². The summed E-state index contributed by atoms with van der Waals surface area (Å²) < 4.78 is 7.18. The minimum absolute atomic E-state index is 0.0970. The number of carbonyl (C=O) groups is 1. The van der Waals surface area contributed by atoms with Gasteiger partial charge in [0.1, 0.15) is 12.1 Å². The molecule has 0 spiro atoms. The van der Waals surface area contributed by atoms with Crippen molar-refractivity contribution in [3.05, 3.63) is 66.0 Å². The fraction of sp³-hybridized carbons (Fsp3) is 0.318. The van der Waals surface area contributed by atoms with E-state index in [0.29, 0.717) is 17.4 Å². The van der Waals surface area contributed by atoms with E-state index in [2.05, 4.69) is 51.9 Å². The van der Waals surface area contributed by atoms with Gasteiger partial charge >= 0.3 is 0 Å². The highest BCUT2D eigenvalue weighted by atomic mass is 16.5. The van der Waals surface area contributed by atoms with Crippen LogP contribution in [0.1, 0.15) is 31.0 Å². The molecule has 0 unspecified atom stereocenters. The van der Waals surface area contributed by atoms with Crippen LogP contribution >= 0.6 is 0 Å². The third-order valence-corrected chi connectivity index (χ3v) is 5.47. The number of ether oxygens (including phenoxy) is 1. The molecule has 150 valence electrons. The maximum atomic E-state index is 13.4. The van der Waals surface area contributed by atoms with E-state index in [0.717, 1.165) is 12.0 Å². The average molecular weight is 391 g/mol. The van der Waals surface area contributed by atoms with Crippen LogP contribution in [0.25, 0.3) is 0 Å². The first-order valence-corrected chi connectivity index (χ1v) is 9.81. The number of para-hydroxylation sites is 2. The number of carbonyl (C=O) groups excluding carboxylic acids is 1. The molecule has 1 aliphatic rings. The predicted octanol–water partition coefficient (Wildman–Crippen LogP) is 3.51. The van der Waals surface area contributed by atoms with Gasteiger partial charge in [0.05, 0.1) is 24.8 Å². The molecule has 1 aliphatic heterocycles. The summed E-state index contributed by atoms with van der Waals surface area (Å²) in [6.45, 7) is 4.12. The zero-order chi connectivity index (χ0) is 20.4. The lowest BCUT2D eigenvalue weighted by Crippen LogP contribution is -2.46. The first-order valence-electron chi connectivity index (χ1n) is 9.81. The van der Waals surface area contributed by atoms with Gasteiger partial charge in [0, 0.05) is 6.04 Å². The normalized spacial score (nSPS) is 20.4. The molecule has 4 rings (SSSR count). The number of aromatic nitrogens is 3. The van der Waals surface area contributed by atoms with Crippen LogP contribution < -0.4 is 15.4 Å². The summed E-state index contributed by atoms with van der Waals surface area (Å²) in [4.78, 5) is 17.7. The van der Waals surface area contributed by atoms with Crippen molar-refractivity contribution in [1.82, 2.24) is 14.8 Å². The van der Waals surface area contributed by atoms with Crippen LogP contribution in [0.5, 0.6) is 5.75 Å². The number of rotatable bonds is 5. The van der Waals surface area contributed by atoms with E-state index in [-0.39, 0.29) is 23.9 Å². The summed E-state index contributed by atoms with van der Waals surface area (Å²) >= 11 is 0. The number of methoxy groups -OCH3 is 1. The van der Waals surface area contributed by atoms with Crippen LogP contribution in [0.2, 0.25) is 0 Å². The van der Waals surface area contributed by atoms with E-state index >= 15 is 0 Å². The second-order valence-corrected chi connectivity index (χ2v) is 7.22. The van der Waals surface area contributed by atoms with Gasteiger partial charge in [-0.1, -0.05) is 43.3 Å². The molecule has 0 bridgehead atoms. The third kappa shape index (κ3) is 3.55. The Kier molecular flexibility index (Phi) is 5.20. The highest BCUT2D eigenvalue weighted by Gasteiger charge is 2.41. The smallest absolute Gasteiger partial charge is 0.232 e. The summed E-state index contributed by atoms with van der Waals surface area (Å²) in [6.07, 6.45) is 2.48. The molecule has 0 fully saturated rings. The van der Waals surface area contributed by atoms with Crippen molar-refractivity contribution in [1.29, 1.82) is 0 Å². The first kappa shape index (κ1) is 19.0. The van der Waals surface area contributed by atoms with Gasteiger partial charge in [-0.2, -0.15) is 10.1 Å². The Hall–Kier alpha value is -3.35. The van der Waals surface area contributed by atoms with E-state index in [1.807, 2.05) is 31.2 Å². The van der Waals surface area contributed by atoms with Gasteiger partial charge < -0.3 is 15.4 Å². The molecule has 1 amide bonds. The van der Waals surface area contributed by atoms with Gasteiger partial charge in [0.25, 0.3) is 0 Å². The molecule has 0 aliphatic carbocycles. The molecule has 29 heavy (non-hydrogen) atoms. The molecule has 2 heterocycles. The monoisotopic (exact) mass is 391 g/mol. The predicted molar refractivity (Wildman–Crippen MR) is 112 cm³/mol. The second kappa shape index (κ2) is 7.95. The van der Waals surface area contributed by atoms with Crippen LogP contribution in [0.4, 0.5) is 11.6 Å². The lowest BCUT2D eigenvalue weighted by Gasteiger charge is -2.37. The van der Waals surface area contributed by atoms with Crippen LogP contribution in [0.15, 0.2) is 54.9 Å². The summed E-state index contributed by atoms with van der Waals surface area (Å²) in [5.74, 6) is 0.813. The summed E-state index contributed by atoms with van der Waals surface area (Å²) in [7, 11) is 1.59. The van der Waals surface area contributed by atoms with Crippen LogP contribution in [0.3, 0.4) is 0 Å².